The van der Waals surface area contributed by atoms with Gasteiger partial charge in [-0.25, -0.2) is 0 Å². The van der Waals surface area contributed by atoms with Crippen LogP contribution in [0.25, 0.3) is 0 Å². The van der Waals surface area contributed by atoms with E-state index in [0.717, 1.165) is 12.8 Å². The molecule has 1 heterocycles. The van der Waals surface area contributed by atoms with Gasteiger partial charge in [-0.2, -0.15) is 0 Å². The molecule has 0 amide bonds. The number of benzene rings is 1. The molecule has 1 unspecified atom stereocenters. The number of hydrogen-bond acceptors (Lipinski definition) is 3. The third-order valence-electron chi connectivity index (χ3n) is 3.58. The first kappa shape index (κ1) is 13.7. The smallest absolute Gasteiger partial charge is 0.0504 e. The molecule has 0 radical (unpaired) electrons. The molecule has 2 aromatic rings. The second kappa shape index (κ2) is 6.45. The van der Waals surface area contributed by atoms with Crippen LogP contribution in [0.3, 0.4) is 0 Å². The van der Waals surface area contributed by atoms with Crippen LogP contribution in [-0.4, -0.2) is 4.98 Å². The van der Waals surface area contributed by atoms with Gasteiger partial charge in [0.2, 0.25) is 0 Å². The maximum absolute atomic E-state index is 5.76. The van der Waals surface area contributed by atoms with Crippen molar-refractivity contribution in [2.24, 2.45) is 5.84 Å². The normalized spacial score (nSPS) is 12.4. The topological polar surface area (TPSA) is 50.9 Å². The first-order valence-electron chi connectivity index (χ1n) is 6.69. The van der Waals surface area contributed by atoms with E-state index in [-0.39, 0.29) is 6.04 Å². The zero-order valence-electron chi connectivity index (χ0n) is 11.6. The standard InChI is InChI=1S/C16H21N3/c1-3-13-11-18-9-8-15(13)16(19-17)10-14-7-5-4-6-12(14)2/h4-9,11,16,19H,3,10,17H2,1-2H3. The van der Waals surface area contributed by atoms with Crippen molar-refractivity contribution in [2.45, 2.75) is 32.7 Å². The van der Waals surface area contributed by atoms with Crippen LogP contribution >= 0.6 is 0 Å². The summed E-state index contributed by atoms with van der Waals surface area (Å²) in [5.41, 5.74) is 8.05. The fourth-order valence-corrected chi connectivity index (χ4v) is 2.39. The number of nitrogens with one attached hydrogen (secondary N) is 1. The van der Waals surface area contributed by atoms with E-state index in [2.05, 4.69) is 54.6 Å². The van der Waals surface area contributed by atoms with Gasteiger partial charge in [-0.3, -0.25) is 16.3 Å². The number of nitrogens with zero attached hydrogens (tertiary/aromatic N) is 1. The highest BCUT2D eigenvalue weighted by Crippen LogP contribution is 2.22. The minimum absolute atomic E-state index is 0.124. The zero-order chi connectivity index (χ0) is 13.7. The van der Waals surface area contributed by atoms with Crippen molar-refractivity contribution in [3.05, 3.63) is 65.0 Å². The molecule has 0 aliphatic heterocycles. The first-order chi connectivity index (χ1) is 9.26. The number of hydrogen-bond donors (Lipinski definition) is 2. The SMILES string of the molecule is CCc1cnccc1C(Cc1ccccc1C)NN. The second-order valence-electron chi connectivity index (χ2n) is 4.78. The molecule has 19 heavy (non-hydrogen) atoms. The molecule has 0 saturated heterocycles. The molecule has 0 saturated carbocycles. The zero-order valence-corrected chi connectivity index (χ0v) is 11.6. The van der Waals surface area contributed by atoms with Crippen molar-refractivity contribution < 1.29 is 0 Å². The highest BCUT2D eigenvalue weighted by Gasteiger charge is 2.14. The summed E-state index contributed by atoms with van der Waals surface area (Å²) in [5.74, 6) is 5.76. The average Bonchev–Trinajstić information content (AvgIpc) is 2.46. The van der Waals surface area contributed by atoms with Crippen molar-refractivity contribution >= 4 is 0 Å². The molecule has 1 atom stereocenters. The third kappa shape index (κ3) is 3.19. The Morgan fingerprint density at radius 3 is 2.68 bits per heavy atom. The van der Waals surface area contributed by atoms with Crippen LogP contribution in [0.5, 0.6) is 0 Å². The van der Waals surface area contributed by atoms with Crippen molar-refractivity contribution in [1.29, 1.82) is 0 Å². The van der Waals surface area contributed by atoms with Crippen LogP contribution in [0.1, 0.15) is 35.2 Å². The molecule has 3 nitrogen and oxygen atoms in total. The summed E-state index contributed by atoms with van der Waals surface area (Å²) < 4.78 is 0. The van der Waals surface area contributed by atoms with Gasteiger partial charge in [-0.05, 0) is 48.1 Å². The number of nitrogens with two attached hydrogens (primary N) is 1. The molecule has 0 fully saturated rings. The molecular formula is C16H21N3. The third-order valence-corrected chi connectivity index (χ3v) is 3.58. The Bertz CT molecular complexity index is 537. The molecule has 0 bridgehead atoms. The monoisotopic (exact) mass is 255 g/mol. The Labute approximate surface area is 114 Å². The van der Waals surface area contributed by atoms with E-state index >= 15 is 0 Å². The maximum atomic E-state index is 5.76. The van der Waals surface area contributed by atoms with Gasteiger partial charge >= 0.3 is 0 Å². The molecule has 2 rings (SSSR count). The quantitative estimate of drug-likeness (QED) is 0.638. The van der Waals surface area contributed by atoms with Gasteiger partial charge in [0.05, 0.1) is 6.04 Å². The second-order valence-corrected chi connectivity index (χ2v) is 4.78. The molecule has 0 spiro atoms. The lowest BCUT2D eigenvalue weighted by atomic mass is 9.94. The molecule has 3 N–H and O–H groups in total. The number of hydrazine groups is 1. The van der Waals surface area contributed by atoms with E-state index in [4.69, 9.17) is 5.84 Å². The highest BCUT2D eigenvalue weighted by atomic mass is 15.2. The molecule has 0 aliphatic rings. The number of pyridine rings is 1. The molecule has 1 aromatic heterocycles. The van der Waals surface area contributed by atoms with Gasteiger partial charge in [0.25, 0.3) is 0 Å². The Balaban J connectivity index is 2.28. The predicted molar refractivity (Wildman–Crippen MR) is 78.6 cm³/mol. The van der Waals surface area contributed by atoms with Gasteiger partial charge in [0.1, 0.15) is 0 Å². The van der Waals surface area contributed by atoms with Gasteiger partial charge in [-0.1, -0.05) is 31.2 Å². The minimum atomic E-state index is 0.124. The van der Waals surface area contributed by atoms with Crippen LogP contribution in [0.4, 0.5) is 0 Å². The lowest BCUT2D eigenvalue weighted by Crippen LogP contribution is -2.30. The average molecular weight is 255 g/mol. The summed E-state index contributed by atoms with van der Waals surface area (Å²) in [4.78, 5) is 4.19. The van der Waals surface area contributed by atoms with Gasteiger partial charge in [0.15, 0.2) is 0 Å². The molecule has 100 valence electrons. The predicted octanol–water partition coefficient (Wildman–Crippen LogP) is 2.70. The van der Waals surface area contributed by atoms with Crippen molar-refractivity contribution in [3.8, 4) is 0 Å². The van der Waals surface area contributed by atoms with Crippen molar-refractivity contribution in [3.63, 3.8) is 0 Å². The fraction of sp³-hybridized carbons (Fsp3) is 0.312. The minimum Gasteiger partial charge on any atom is -0.271 e. The molecule has 1 aromatic carbocycles. The van der Waals surface area contributed by atoms with Crippen molar-refractivity contribution in [2.75, 3.05) is 0 Å². The molecule has 0 aliphatic carbocycles. The van der Waals surface area contributed by atoms with E-state index in [9.17, 15) is 0 Å². The van der Waals surface area contributed by atoms with Crippen LogP contribution in [0.2, 0.25) is 0 Å². The summed E-state index contributed by atoms with van der Waals surface area (Å²) >= 11 is 0. The van der Waals surface area contributed by atoms with E-state index in [0.29, 0.717) is 0 Å². The van der Waals surface area contributed by atoms with E-state index in [1.165, 1.54) is 22.3 Å². The lowest BCUT2D eigenvalue weighted by Gasteiger charge is -2.20. The Hall–Kier alpha value is -1.71. The number of rotatable bonds is 5. The molecule has 3 heteroatoms. The van der Waals surface area contributed by atoms with Gasteiger partial charge in [-0.15, -0.1) is 0 Å². The number of aryl methyl sites for hydroxylation is 2. The summed E-state index contributed by atoms with van der Waals surface area (Å²) in [6, 6.07) is 10.6. The van der Waals surface area contributed by atoms with Gasteiger partial charge in [0, 0.05) is 12.4 Å². The van der Waals surface area contributed by atoms with Crippen LogP contribution in [0, 0.1) is 6.92 Å². The summed E-state index contributed by atoms with van der Waals surface area (Å²) in [6.45, 7) is 4.28. The summed E-state index contributed by atoms with van der Waals surface area (Å²) in [7, 11) is 0. The Morgan fingerprint density at radius 2 is 2.00 bits per heavy atom. The van der Waals surface area contributed by atoms with E-state index in [1.54, 1.807) is 0 Å². The van der Waals surface area contributed by atoms with Crippen LogP contribution in [-0.2, 0) is 12.8 Å². The fourth-order valence-electron chi connectivity index (χ4n) is 2.39. The van der Waals surface area contributed by atoms with Crippen molar-refractivity contribution in [1.82, 2.24) is 10.4 Å². The highest BCUT2D eigenvalue weighted by molar-refractivity contribution is 5.32. The molecular weight excluding hydrogens is 234 g/mol. The first-order valence-corrected chi connectivity index (χ1v) is 6.69. The largest absolute Gasteiger partial charge is 0.271 e. The summed E-state index contributed by atoms with van der Waals surface area (Å²) in [5, 5.41) is 0. The van der Waals surface area contributed by atoms with Crippen LogP contribution in [0.15, 0.2) is 42.7 Å². The van der Waals surface area contributed by atoms with E-state index in [1.807, 2.05) is 12.4 Å². The Morgan fingerprint density at radius 1 is 1.21 bits per heavy atom. The lowest BCUT2D eigenvalue weighted by molar-refractivity contribution is 0.546. The van der Waals surface area contributed by atoms with Gasteiger partial charge < -0.3 is 0 Å². The van der Waals surface area contributed by atoms with Crippen LogP contribution < -0.4 is 11.3 Å². The maximum Gasteiger partial charge on any atom is 0.0504 e. The number of aromatic nitrogens is 1. The van der Waals surface area contributed by atoms with E-state index < -0.39 is 0 Å². The summed E-state index contributed by atoms with van der Waals surface area (Å²) in [6.07, 6.45) is 5.61. The Kier molecular flexibility index (Phi) is 4.66.